The number of halogens is 1. The lowest BCUT2D eigenvalue weighted by molar-refractivity contribution is 1.12. The van der Waals surface area contributed by atoms with E-state index in [1.54, 1.807) is 6.20 Å². The third kappa shape index (κ3) is 2.78. The highest BCUT2D eigenvalue weighted by molar-refractivity contribution is 9.10. The molecule has 3 aromatic rings. The van der Waals surface area contributed by atoms with E-state index in [4.69, 9.17) is 0 Å². The summed E-state index contributed by atoms with van der Waals surface area (Å²) in [6, 6.07) is 12.4. The van der Waals surface area contributed by atoms with Crippen LogP contribution in [0, 0.1) is 0 Å². The summed E-state index contributed by atoms with van der Waals surface area (Å²) in [6.07, 6.45) is 5.62. The van der Waals surface area contributed by atoms with Gasteiger partial charge in [-0.3, -0.25) is 0 Å². The average molecular weight is 393 g/mol. The predicted molar refractivity (Wildman–Crippen MR) is 107 cm³/mol. The first-order chi connectivity index (χ1) is 12.1. The number of aromatic amines is 1. The molecular formula is C20H17BrN4. The van der Waals surface area contributed by atoms with Crippen molar-refractivity contribution in [1.29, 1.82) is 0 Å². The molecule has 0 atom stereocenters. The Bertz CT molecular complexity index is 997. The van der Waals surface area contributed by atoms with Crippen molar-refractivity contribution in [2.45, 2.75) is 0 Å². The van der Waals surface area contributed by atoms with Crippen LogP contribution in [-0.4, -0.2) is 24.1 Å². The minimum absolute atomic E-state index is 0.846. The Morgan fingerprint density at radius 2 is 1.88 bits per heavy atom. The Morgan fingerprint density at radius 1 is 1.08 bits per heavy atom. The van der Waals surface area contributed by atoms with E-state index in [-0.39, 0.29) is 0 Å². The van der Waals surface area contributed by atoms with E-state index in [1.165, 1.54) is 0 Å². The van der Waals surface area contributed by atoms with Crippen molar-refractivity contribution in [2.75, 3.05) is 24.3 Å². The number of nitrogens with zero attached hydrogens (tertiary/aromatic N) is 2. The van der Waals surface area contributed by atoms with Crippen LogP contribution >= 0.6 is 15.9 Å². The lowest BCUT2D eigenvalue weighted by atomic mass is 10.0. The number of benzene rings is 2. The van der Waals surface area contributed by atoms with E-state index < -0.39 is 0 Å². The molecule has 0 aliphatic carbocycles. The van der Waals surface area contributed by atoms with E-state index in [0.29, 0.717) is 0 Å². The molecule has 4 rings (SSSR count). The first-order valence-corrected chi connectivity index (χ1v) is 8.77. The molecule has 0 spiro atoms. The van der Waals surface area contributed by atoms with Crippen molar-refractivity contribution < 1.29 is 0 Å². The molecule has 0 unspecified atom stereocenters. The second-order valence-corrected chi connectivity index (χ2v) is 6.82. The monoisotopic (exact) mass is 392 g/mol. The summed E-state index contributed by atoms with van der Waals surface area (Å²) in [4.78, 5) is 9.66. The number of hydrogen-bond acceptors (Lipinski definition) is 3. The van der Waals surface area contributed by atoms with Gasteiger partial charge in [0.25, 0.3) is 0 Å². The number of nitrogens with one attached hydrogen (secondary N) is 2. The molecule has 0 fully saturated rings. The van der Waals surface area contributed by atoms with Gasteiger partial charge in [0.05, 0.1) is 21.5 Å². The summed E-state index contributed by atoms with van der Waals surface area (Å²) in [7, 11) is 4.07. The fourth-order valence-corrected chi connectivity index (χ4v) is 3.76. The summed E-state index contributed by atoms with van der Waals surface area (Å²) in [6.45, 7) is 0. The fourth-order valence-electron chi connectivity index (χ4n) is 2.95. The van der Waals surface area contributed by atoms with Crippen molar-refractivity contribution in [2.24, 2.45) is 0 Å². The van der Waals surface area contributed by atoms with Crippen molar-refractivity contribution in [3.63, 3.8) is 0 Å². The van der Waals surface area contributed by atoms with Crippen molar-refractivity contribution in [3.8, 4) is 11.4 Å². The van der Waals surface area contributed by atoms with Gasteiger partial charge in [0, 0.05) is 43.2 Å². The van der Waals surface area contributed by atoms with Gasteiger partial charge >= 0.3 is 0 Å². The summed E-state index contributed by atoms with van der Waals surface area (Å²) in [5.74, 6) is 0.846. The molecule has 0 amide bonds. The normalized spacial score (nSPS) is 12.4. The fraction of sp³-hybridized carbons (Fsp3) is 0.100. The van der Waals surface area contributed by atoms with Gasteiger partial charge in [-0.15, -0.1) is 0 Å². The van der Waals surface area contributed by atoms with E-state index in [1.807, 2.05) is 38.5 Å². The molecule has 124 valence electrons. The molecule has 4 nitrogen and oxygen atoms in total. The topological polar surface area (TPSA) is 44.0 Å². The second-order valence-electron chi connectivity index (χ2n) is 6.03. The quantitative estimate of drug-likeness (QED) is 0.617. The summed E-state index contributed by atoms with van der Waals surface area (Å²) in [5.41, 5.74) is 9.68. The Morgan fingerprint density at radius 3 is 2.60 bits per heavy atom. The summed E-state index contributed by atoms with van der Waals surface area (Å²) in [5, 5.41) is 3.54. The summed E-state index contributed by atoms with van der Waals surface area (Å²) >= 11 is 3.74. The third-order valence-electron chi connectivity index (χ3n) is 4.21. The zero-order valence-corrected chi connectivity index (χ0v) is 15.6. The lowest BCUT2D eigenvalue weighted by Crippen LogP contribution is -2.12. The van der Waals surface area contributed by atoms with Crippen LogP contribution in [0.4, 0.5) is 11.4 Å². The van der Waals surface area contributed by atoms with Crippen LogP contribution in [0.2, 0.25) is 0 Å². The molecule has 0 saturated heterocycles. The van der Waals surface area contributed by atoms with Gasteiger partial charge < -0.3 is 15.2 Å². The predicted octanol–water partition coefficient (Wildman–Crippen LogP) is 4.98. The molecule has 25 heavy (non-hydrogen) atoms. The van der Waals surface area contributed by atoms with Gasteiger partial charge in [0.15, 0.2) is 0 Å². The van der Waals surface area contributed by atoms with Gasteiger partial charge in [-0.25, -0.2) is 4.98 Å². The van der Waals surface area contributed by atoms with E-state index in [9.17, 15) is 0 Å². The molecule has 0 saturated carbocycles. The Labute approximate surface area is 155 Å². The van der Waals surface area contributed by atoms with Crippen molar-refractivity contribution >= 4 is 39.1 Å². The number of hydrogen-bond donors (Lipinski definition) is 2. The zero-order valence-electron chi connectivity index (χ0n) is 14.0. The smallest absolute Gasteiger partial charge is 0.137 e. The van der Waals surface area contributed by atoms with Crippen molar-refractivity contribution in [3.05, 3.63) is 70.1 Å². The Hall–Kier alpha value is -2.75. The number of fused-ring (bicyclic) bond motifs is 1. The Balaban J connectivity index is 1.82. The van der Waals surface area contributed by atoms with Crippen LogP contribution in [0.3, 0.4) is 0 Å². The largest absolute Gasteiger partial charge is 0.377 e. The van der Waals surface area contributed by atoms with Crippen LogP contribution in [0.1, 0.15) is 11.1 Å². The third-order valence-corrected chi connectivity index (χ3v) is 5.01. The molecular weight excluding hydrogens is 376 g/mol. The van der Waals surface area contributed by atoms with Crippen LogP contribution in [0.25, 0.3) is 23.2 Å². The molecule has 2 aromatic carbocycles. The maximum Gasteiger partial charge on any atom is 0.137 e. The molecule has 0 bridgehead atoms. The second kappa shape index (κ2) is 6.28. The maximum absolute atomic E-state index is 4.39. The number of aromatic nitrogens is 2. The molecule has 1 aliphatic heterocycles. The molecule has 5 heteroatoms. The Kier molecular flexibility index (Phi) is 3.96. The molecule has 2 heterocycles. The number of rotatable bonds is 3. The van der Waals surface area contributed by atoms with Gasteiger partial charge in [-0.05, 0) is 28.1 Å². The molecule has 0 radical (unpaired) electrons. The molecule has 1 aliphatic rings. The van der Waals surface area contributed by atoms with Crippen LogP contribution in [0.15, 0.2) is 59.0 Å². The first-order valence-electron chi connectivity index (χ1n) is 7.98. The molecule has 1 aromatic heterocycles. The van der Waals surface area contributed by atoms with Gasteiger partial charge in [0.2, 0.25) is 0 Å². The minimum Gasteiger partial charge on any atom is -0.377 e. The summed E-state index contributed by atoms with van der Waals surface area (Å²) < 4.78 is 1.04. The first kappa shape index (κ1) is 15.8. The maximum atomic E-state index is 4.39. The standard InChI is InChI=1S/C20H17BrN4/c1-25(2)17-10-8-13-7-9-16(24-19(13)18(17)21)14-5-3-4-6-15(14)20-22-11-12-23-20/h3-8,10-12,24H,1-2H3,(H,22,23). The van der Waals surface area contributed by atoms with Crippen LogP contribution in [0.5, 0.6) is 0 Å². The highest BCUT2D eigenvalue weighted by atomic mass is 79.9. The zero-order chi connectivity index (χ0) is 17.4. The number of imidazole rings is 1. The van der Waals surface area contributed by atoms with Crippen LogP contribution < -0.4 is 10.2 Å². The van der Waals surface area contributed by atoms with E-state index >= 15 is 0 Å². The van der Waals surface area contributed by atoms with Crippen molar-refractivity contribution in [1.82, 2.24) is 9.97 Å². The SMILES string of the molecule is CN(C)c1ccc2c(c1Br)NC(c1ccccc1-c1ncc[nH]1)=C=C2. The van der Waals surface area contributed by atoms with E-state index in [0.717, 1.165) is 44.1 Å². The highest BCUT2D eigenvalue weighted by Crippen LogP contribution is 2.40. The molecule has 2 N–H and O–H groups in total. The van der Waals surface area contributed by atoms with Gasteiger partial charge in [0.1, 0.15) is 5.82 Å². The van der Waals surface area contributed by atoms with E-state index in [2.05, 4.69) is 66.1 Å². The highest BCUT2D eigenvalue weighted by Gasteiger charge is 2.18. The number of anilines is 2. The lowest BCUT2D eigenvalue weighted by Gasteiger charge is -2.22. The van der Waals surface area contributed by atoms with Gasteiger partial charge in [-0.1, -0.05) is 36.1 Å². The number of H-pyrrole nitrogens is 1. The minimum atomic E-state index is 0.846. The van der Waals surface area contributed by atoms with Crippen LogP contribution in [-0.2, 0) is 0 Å². The average Bonchev–Trinajstić information content (AvgIpc) is 3.16. The van der Waals surface area contributed by atoms with Gasteiger partial charge in [-0.2, -0.15) is 0 Å².